The summed E-state index contributed by atoms with van der Waals surface area (Å²) >= 11 is 0. The smallest absolute Gasteiger partial charge is 0.238 e. The maximum atomic E-state index is 14.6. The number of aryl methyl sites for hydroxylation is 1. The molecule has 39 heavy (non-hydrogen) atoms. The number of benzene rings is 3. The van der Waals surface area contributed by atoms with Crippen molar-refractivity contribution in [2.75, 3.05) is 10.2 Å². The van der Waals surface area contributed by atoms with Gasteiger partial charge >= 0.3 is 0 Å². The van der Waals surface area contributed by atoms with E-state index in [2.05, 4.69) is 16.4 Å². The van der Waals surface area contributed by atoms with Gasteiger partial charge in [0.2, 0.25) is 5.91 Å². The minimum absolute atomic E-state index is 0.196. The Labute approximate surface area is 226 Å². The Hall–Kier alpha value is -4.84. The zero-order chi connectivity index (χ0) is 26.7. The molecule has 6 heteroatoms. The van der Waals surface area contributed by atoms with E-state index in [1.807, 2.05) is 78.6 Å². The molecule has 4 aromatic rings. The van der Waals surface area contributed by atoms with E-state index < -0.39 is 23.4 Å². The second kappa shape index (κ2) is 8.60. The third-order valence-corrected chi connectivity index (χ3v) is 8.34. The third kappa shape index (κ3) is 3.21. The Morgan fingerprint density at radius 3 is 2.46 bits per heavy atom. The van der Waals surface area contributed by atoms with Gasteiger partial charge < -0.3 is 10.2 Å². The van der Waals surface area contributed by atoms with E-state index in [0.29, 0.717) is 16.8 Å². The SMILES string of the molecule is Cc1ccc2c(c1)C=C[C@H]1N2[C@H](C(=O)c2ccccc2)[C@@H](C(=O)c2cccnc2)[C@]12C(=O)Nc1ccccc12. The van der Waals surface area contributed by atoms with Gasteiger partial charge in [-0.15, -0.1) is 0 Å². The van der Waals surface area contributed by atoms with E-state index in [1.165, 1.54) is 6.20 Å². The zero-order valence-corrected chi connectivity index (χ0v) is 21.2. The summed E-state index contributed by atoms with van der Waals surface area (Å²) in [6.07, 6.45) is 7.13. The Bertz CT molecular complexity index is 1680. The largest absolute Gasteiger partial charge is 0.352 e. The number of rotatable bonds is 4. The number of amides is 1. The first-order valence-corrected chi connectivity index (χ1v) is 13.0. The van der Waals surface area contributed by atoms with Gasteiger partial charge in [0, 0.05) is 34.9 Å². The molecule has 3 aliphatic rings. The fraction of sp³-hybridized carbons (Fsp3) is 0.152. The van der Waals surface area contributed by atoms with Gasteiger partial charge in [0.05, 0.1) is 12.0 Å². The number of carbonyl (C=O) groups excluding carboxylic acids is 3. The molecule has 0 saturated carbocycles. The third-order valence-electron chi connectivity index (χ3n) is 8.34. The molecular weight excluding hydrogens is 486 g/mol. The summed E-state index contributed by atoms with van der Waals surface area (Å²) in [5.74, 6) is -1.75. The highest BCUT2D eigenvalue weighted by Gasteiger charge is 2.70. The maximum Gasteiger partial charge on any atom is 0.238 e. The standard InChI is InChI=1S/C33H25N3O3/c1-20-13-15-26-22(18-20)14-16-27-33(24-11-5-6-12-25(24)35-32(33)39)28(30(37)23-10-7-17-34-19-23)29(36(26)27)31(38)21-8-3-2-4-9-21/h2-19,27-29H,1H3,(H,35,39)/t27-,28+,29+,33-/m1/s1. The molecule has 1 spiro atoms. The maximum absolute atomic E-state index is 14.6. The van der Waals surface area contributed by atoms with Crippen LogP contribution in [0.4, 0.5) is 11.4 Å². The number of hydrogen-bond acceptors (Lipinski definition) is 5. The molecule has 1 saturated heterocycles. The Morgan fingerprint density at radius 2 is 1.67 bits per heavy atom. The van der Waals surface area contributed by atoms with Crippen LogP contribution in [0.25, 0.3) is 6.08 Å². The summed E-state index contributed by atoms with van der Waals surface area (Å²) in [5, 5.41) is 3.05. The molecule has 3 aliphatic heterocycles. The van der Waals surface area contributed by atoms with E-state index in [-0.39, 0.29) is 17.5 Å². The molecule has 0 radical (unpaired) electrons. The average molecular weight is 512 g/mol. The summed E-state index contributed by atoms with van der Waals surface area (Å²) in [7, 11) is 0. The van der Waals surface area contributed by atoms with Crippen LogP contribution in [-0.4, -0.2) is 34.5 Å². The number of fused-ring (bicyclic) bond motifs is 6. The fourth-order valence-electron chi connectivity index (χ4n) is 6.76. The highest BCUT2D eigenvalue weighted by atomic mass is 16.2. The summed E-state index contributed by atoms with van der Waals surface area (Å²) in [4.78, 5) is 49.6. The van der Waals surface area contributed by atoms with Crippen LogP contribution in [0.15, 0.2) is 103 Å². The van der Waals surface area contributed by atoms with Crippen LogP contribution in [-0.2, 0) is 10.2 Å². The van der Waals surface area contributed by atoms with Crippen molar-refractivity contribution in [3.8, 4) is 0 Å². The number of pyridine rings is 1. The molecular formula is C33H25N3O3. The molecule has 1 aromatic heterocycles. The van der Waals surface area contributed by atoms with Gasteiger partial charge in [-0.2, -0.15) is 0 Å². The molecule has 1 fully saturated rings. The van der Waals surface area contributed by atoms with Crippen molar-refractivity contribution < 1.29 is 14.4 Å². The number of aromatic nitrogens is 1. The second-order valence-electron chi connectivity index (χ2n) is 10.4. The van der Waals surface area contributed by atoms with Crippen molar-refractivity contribution in [1.29, 1.82) is 0 Å². The number of carbonyl (C=O) groups is 3. The summed E-state index contributed by atoms with van der Waals surface area (Å²) < 4.78 is 0. The first-order chi connectivity index (χ1) is 19.0. The molecule has 0 unspecified atom stereocenters. The predicted octanol–water partition coefficient (Wildman–Crippen LogP) is 5.25. The van der Waals surface area contributed by atoms with E-state index in [1.54, 1.807) is 30.5 Å². The van der Waals surface area contributed by atoms with Crippen molar-refractivity contribution in [2.24, 2.45) is 5.92 Å². The minimum atomic E-state index is -1.32. The minimum Gasteiger partial charge on any atom is -0.352 e. The summed E-state index contributed by atoms with van der Waals surface area (Å²) in [6, 6.07) is 24.5. The highest BCUT2D eigenvalue weighted by Crippen LogP contribution is 2.58. The lowest BCUT2D eigenvalue weighted by Gasteiger charge is -2.37. The lowest BCUT2D eigenvalue weighted by atomic mass is 9.64. The van der Waals surface area contributed by atoms with Gasteiger partial charge in [0.25, 0.3) is 0 Å². The first kappa shape index (κ1) is 23.3. The molecule has 4 atom stereocenters. The lowest BCUT2D eigenvalue weighted by molar-refractivity contribution is -0.121. The van der Waals surface area contributed by atoms with Crippen molar-refractivity contribution in [2.45, 2.75) is 24.4 Å². The van der Waals surface area contributed by atoms with Gasteiger partial charge in [0.15, 0.2) is 11.6 Å². The molecule has 190 valence electrons. The predicted molar refractivity (Wildman–Crippen MR) is 150 cm³/mol. The van der Waals surface area contributed by atoms with Crippen LogP contribution in [0.3, 0.4) is 0 Å². The Morgan fingerprint density at radius 1 is 0.897 bits per heavy atom. The normalized spacial score (nSPS) is 24.2. The lowest BCUT2D eigenvalue weighted by Crippen LogP contribution is -2.51. The van der Waals surface area contributed by atoms with Crippen LogP contribution in [0, 0.1) is 12.8 Å². The van der Waals surface area contributed by atoms with Gasteiger partial charge in [0.1, 0.15) is 11.5 Å². The van der Waals surface area contributed by atoms with Crippen molar-refractivity contribution in [3.63, 3.8) is 0 Å². The molecule has 6 nitrogen and oxygen atoms in total. The van der Waals surface area contributed by atoms with E-state index >= 15 is 0 Å². The Balaban J connectivity index is 1.55. The Kier molecular flexibility index (Phi) is 5.13. The molecule has 3 aromatic carbocycles. The van der Waals surface area contributed by atoms with E-state index in [9.17, 15) is 14.4 Å². The van der Waals surface area contributed by atoms with Crippen molar-refractivity contribution in [1.82, 2.24) is 4.98 Å². The van der Waals surface area contributed by atoms with Crippen LogP contribution in [0.2, 0.25) is 0 Å². The van der Waals surface area contributed by atoms with Gasteiger partial charge in [-0.05, 0) is 48.4 Å². The number of hydrogen-bond donors (Lipinski definition) is 1. The number of nitrogens with one attached hydrogen (secondary N) is 1. The first-order valence-electron chi connectivity index (χ1n) is 13.0. The van der Waals surface area contributed by atoms with Gasteiger partial charge in [-0.1, -0.05) is 72.3 Å². The highest BCUT2D eigenvalue weighted by molar-refractivity contribution is 6.18. The molecule has 0 bridgehead atoms. The monoisotopic (exact) mass is 511 g/mol. The second-order valence-corrected chi connectivity index (χ2v) is 10.4. The van der Waals surface area contributed by atoms with E-state index in [0.717, 1.165) is 22.4 Å². The summed E-state index contributed by atoms with van der Waals surface area (Å²) in [5.41, 5.74) is 3.82. The number of para-hydroxylation sites is 1. The number of nitrogens with zero attached hydrogens (tertiary/aromatic N) is 2. The zero-order valence-electron chi connectivity index (χ0n) is 21.2. The van der Waals surface area contributed by atoms with Crippen LogP contribution in [0.1, 0.15) is 37.4 Å². The molecule has 4 heterocycles. The van der Waals surface area contributed by atoms with Crippen molar-refractivity contribution in [3.05, 3.63) is 131 Å². The number of ketones is 2. The molecule has 7 rings (SSSR count). The number of anilines is 2. The quantitative estimate of drug-likeness (QED) is 0.379. The fourth-order valence-corrected chi connectivity index (χ4v) is 6.76. The van der Waals surface area contributed by atoms with E-state index in [4.69, 9.17) is 0 Å². The number of Topliss-reactive ketones (excluding diaryl/α,β-unsaturated/α-hetero) is 2. The average Bonchev–Trinajstić information content (AvgIpc) is 3.45. The topological polar surface area (TPSA) is 79.4 Å². The molecule has 1 N–H and O–H groups in total. The van der Waals surface area contributed by atoms with Crippen LogP contribution >= 0.6 is 0 Å². The van der Waals surface area contributed by atoms with Gasteiger partial charge in [-0.25, -0.2) is 0 Å². The van der Waals surface area contributed by atoms with Crippen LogP contribution < -0.4 is 10.2 Å². The molecule has 0 aliphatic carbocycles. The summed E-state index contributed by atoms with van der Waals surface area (Å²) in [6.45, 7) is 2.02. The van der Waals surface area contributed by atoms with Crippen LogP contribution in [0.5, 0.6) is 0 Å². The van der Waals surface area contributed by atoms with Crippen molar-refractivity contribution >= 4 is 34.9 Å². The molecule has 1 amide bonds. The van der Waals surface area contributed by atoms with Gasteiger partial charge in [-0.3, -0.25) is 19.4 Å².